The van der Waals surface area contributed by atoms with E-state index in [-0.39, 0.29) is 0 Å². The van der Waals surface area contributed by atoms with Crippen molar-refractivity contribution in [2.24, 2.45) is 0 Å². The Hall–Kier alpha value is -1.88. The first-order valence-electron chi connectivity index (χ1n) is 6.78. The van der Waals surface area contributed by atoms with E-state index in [4.69, 9.17) is 0 Å². The number of benzene rings is 2. The Morgan fingerprint density at radius 3 is 2.42 bits per heavy atom. The second-order valence-corrected chi connectivity index (χ2v) is 5.43. The highest BCUT2D eigenvalue weighted by Crippen LogP contribution is 2.40. The van der Waals surface area contributed by atoms with Crippen LogP contribution in [0.25, 0.3) is 10.8 Å². The lowest BCUT2D eigenvalue weighted by Crippen LogP contribution is -2.30. The molecule has 1 aliphatic rings. The summed E-state index contributed by atoms with van der Waals surface area (Å²) in [5.74, 6) is 0. The minimum Gasteiger partial charge on any atom is -0.247 e. The Balaban J connectivity index is 2.04. The van der Waals surface area contributed by atoms with Gasteiger partial charge in [-0.15, -0.1) is 0 Å². The van der Waals surface area contributed by atoms with E-state index in [0.717, 1.165) is 10.9 Å². The van der Waals surface area contributed by atoms with E-state index >= 15 is 0 Å². The van der Waals surface area contributed by atoms with Crippen molar-refractivity contribution in [3.05, 3.63) is 48.0 Å². The van der Waals surface area contributed by atoms with Gasteiger partial charge in [-0.1, -0.05) is 36.4 Å². The SMILES string of the molecule is N#CC1(c2ccc3ccccc3c2)CCC(F)CC1. The molecular formula is C17H16FN. The van der Waals surface area contributed by atoms with Gasteiger partial charge in [-0.2, -0.15) is 5.26 Å². The standard InChI is InChI=1S/C17H16FN/c18-16-7-9-17(12-19,10-8-16)15-6-5-13-3-1-2-4-14(13)11-15/h1-6,11,16H,7-10H2. The van der Waals surface area contributed by atoms with Crippen LogP contribution in [0.3, 0.4) is 0 Å². The van der Waals surface area contributed by atoms with Crippen LogP contribution < -0.4 is 0 Å². The fourth-order valence-corrected chi connectivity index (χ4v) is 3.03. The van der Waals surface area contributed by atoms with Crippen LogP contribution in [0, 0.1) is 11.3 Å². The molecule has 1 aliphatic carbocycles. The average molecular weight is 253 g/mol. The third-order valence-electron chi connectivity index (χ3n) is 4.28. The Labute approximate surface area is 112 Å². The average Bonchev–Trinajstić information content (AvgIpc) is 2.48. The summed E-state index contributed by atoms with van der Waals surface area (Å²) in [6.07, 6.45) is 1.52. The van der Waals surface area contributed by atoms with Crippen LogP contribution >= 0.6 is 0 Å². The molecule has 0 aromatic heterocycles. The number of fused-ring (bicyclic) bond motifs is 1. The first kappa shape index (κ1) is 12.2. The van der Waals surface area contributed by atoms with Crippen LogP contribution in [0.1, 0.15) is 31.2 Å². The van der Waals surface area contributed by atoms with Crippen molar-refractivity contribution in [2.75, 3.05) is 0 Å². The number of alkyl halides is 1. The van der Waals surface area contributed by atoms with Gasteiger partial charge in [0.1, 0.15) is 6.17 Å². The van der Waals surface area contributed by atoms with Crippen LogP contribution in [-0.2, 0) is 5.41 Å². The van der Waals surface area contributed by atoms with E-state index in [9.17, 15) is 9.65 Å². The molecule has 1 saturated carbocycles. The van der Waals surface area contributed by atoms with Crippen molar-refractivity contribution in [1.82, 2.24) is 0 Å². The molecule has 0 atom stereocenters. The summed E-state index contributed by atoms with van der Waals surface area (Å²) in [5.41, 5.74) is 0.549. The highest BCUT2D eigenvalue weighted by Gasteiger charge is 2.37. The summed E-state index contributed by atoms with van der Waals surface area (Å²) < 4.78 is 13.3. The molecule has 0 heterocycles. The fourth-order valence-electron chi connectivity index (χ4n) is 3.03. The summed E-state index contributed by atoms with van der Waals surface area (Å²) in [7, 11) is 0. The van der Waals surface area contributed by atoms with Crippen molar-refractivity contribution < 1.29 is 4.39 Å². The lowest BCUT2D eigenvalue weighted by atomic mass is 9.70. The number of rotatable bonds is 1. The maximum Gasteiger partial charge on any atom is 0.100 e. The minimum atomic E-state index is -0.734. The monoisotopic (exact) mass is 253 g/mol. The molecule has 0 bridgehead atoms. The Morgan fingerprint density at radius 1 is 1.05 bits per heavy atom. The number of halogens is 1. The zero-order valence-electron chi connectivity index (χ0n) is 10.8. The highest BCUT2D eigenvalue weighted by atomic mass is 19.1. The third-order valence-corrected chi connectivity index (χ3v) is 4.28. The van der Waals surface area contributed by atoms with Crippen LogP contribution in [-0.4, -0.2) is 6.17 Å². The van der Waals surface area contributed by atoms with Crippen LogP contribution in [0.15, 0.2) is 42.5 Å². The quantitative estimate of drug-likeness (QED) is 0.733. The maximum absolute atomic E-state index is 13.3. The molecule has 0 spiro atoms. The van der Waals surface area contributed by atoms with Gasteiger partial charge in [0.15, 0.2) is 0 Å². The van der Waals surface area contributed by atoms with E-state index < -0.39 is 11.6 Å². The predicted molar refractivity (Wildman–Crippen MR) is 74.6 cm³/mol. The van der Waals surface area contributed by atoms with E-state index in [2.05, 4.69) is 30.3 Å². The molecule has 1 nitrogen and oxygen atoms in total. The number of hydrogen-bond acceptors (Lipinski definition) is 1. The number of nitriles is 1. The molecule has 0 unspecified atom stereocenters. The van der Waals surface area contributed by atoms with Gasteiger partial charge >= 0.3 is 0 Å². The molecule has 2 aromatic carbocycles. The van der Waals surface area contributed by atoms with Gasteiger partial charge in [-0.05, 0) is 48.1 Å². The molecule has 2 aromatic rings. The maximum atomic E-state index is 13.3. The summed E-state index contributed by atoms with van der Waals surface area (Å²) in [5, 5.41) is 11.9. The first-order valence-corrected chi connectivity index (χ1v) is 6.78. The predicted octanol–water partition coefficient (Wildman–Crippen LogP) is 4.51. The van der Waals surface area contributed by atoms with E-state index in [0.29, 0.717) is 25.7 Å². The van der Waals surface area contributed by atoms with Crippen molar-refractivity contribution in [3.8, 4) is 6.07 Å². The fraction of sp³-hybridized carbons (Fsp3) is 0.353. The zero-order chi connectivity index (χ0) is 13.3. The number of nitrogens with zero attached hydrogens (tertiary/aromatic N) is 1. The molecule has 0 saturated heterocycles. The summed E-state index contributed by atoms with van der Waals surface area (Å²) in [6.45, 7) is 0. The van der Waals surface area contributed by atoms with Crippen molar-refractivity contribution in [1.29, 1.82) is 5.26 Å². The van der Waals surface area contributed by atoms with Gasteiger partial charge in [0.25, 0.3) is 0 Å². The molecule has 0 aliphatic heterocycles. The lowest BCUT2D eigenvalue weighted by Gasteiger charge is -2.32. The summed E-state index contributed by atoms with van der Waals surface area (Å²) in [4.78, 5) is 0. The van der Waals surface area contributed by atoms with Crippen LogP contribution in [0.5, 0.6) is 0 Å². The largest absolute Gasteiger partial charge is 0.247 e. The summed E-state index contributed by atoms with van der Waals surface area (Å²) in [6, 6.07) is 16.8. The highest BCUT2D eigenvalue weighted by molar-refractivity contribution is 5.83. The van der Waals surface area contributed by atoms with Gasteiger partial charge in [-0.25, -0.2) is 4.39 Å². The van der Waals surface area contributed by atoms with Gasteiger partial charge in [-0.3, -0.25) is 0 Å². The van der Waals surface area contributed by atoms with E-state index in [1.807, 2.05) is 18.2 Å². The van der Waals surface area contributed by atoms with Crippen molar-refractivity contribution in [3.63, 3.8) is 0 Å². The van der Waals surface area contributed by atoms with Gasteiger partial charge in [0.05, 0.1) is 11.5 Å². The Morgan fingerprint density at radius 2 is 1.74 bits per heavy atom. The number of hydrogen-bond donors (Lipinski definition) is 0. The molecular weight excluding hydrogens is 237 g/mol. The smallest absolute Gasteiger partial charge is 0.100 e. The molecule has 3 rings (SSSR count). The molecule has 96 valence electrons. The Bertz CT molecular complexity index is 633. The molecule has 1 fully saturated rings. The molecule has 19 heavy (non-hydrogen) atoms. The van der Waals surface area contributed by atoms with E-state index in [1.165, 1.54) is 5.39 Å². The topological polar surface area (TPSA) is 23.8 Å². The second-order valence-electron chi connectivity index (χ2n) is 5.43. The Kier molecular flexibility index (Phi) is 2.98. The molecule has 2 heteroatoms. The van der Waals surface area contributed by atoms with Crippen LogP contribution in [0.4, 0.5) is 4.39 Å². The third kappa shape index (κ3) is 2.10. The van der Waals surface area contributed by atoms with Gasteiger partial charge < -0.3 is 0 Å². The van der Waals surface area contributed by atoms with Crippen molar-refractivity contribution >= 4 is 10.8 Å². The molecule has 0 radical (unpaired) electrons. The normalized spacial score (nSPS) is 27.1. The second kappa shape index (κ2) is 4.66. The summed E-state index contributed by atoms with van der Waals surface area (Å²) >= 11 is 0. The van der Waals surface area contributed by atoms with Gasteiger partial charge in [0.2, 0.25) is 0 Å². The lowest BCUT2D eigenvalue weighted by molar-refractivity contribution is 0.209. The first-order chi connectivity index (χ1) is 9.23. The zero-order valence-corrected chi connectivity index (χ0v) is 10.8. The minimum absolute atomic E-state index is 0.493. The molecule has 0 amide bonds. The molecule has 0 N–H and O–H groups in total. The van der Waals surface area contributed by atoms with E-state index in [1.54, 1.807) is 0 Å². The van der Waals surface area contributed by atoms with Crippen LogP contribution in [0.2, 0.25) is 0 Å². The van der Waals surface area contributed by atoms with Crippen molar-refractivity contribution in [2.45, 2.75) is 37.3 Å². The van der Waals surface area contributed by atoms with Gasteiger partial charge in [0, 0.05) is 0 Å².